The normalized spacial score (nSPS) is 9.81. The van der Waals surface area contributed by atoms with Crippen molar-refractivity contribution in [2.45, 2.75) is 19.8 Å². The van der Waals surface area contributed by atoms with Gasteiger partial charge in [-0.15, -0.1) is 0 Å². The average molecular weight is 222 g/mol. The summed E-state index contributed by atoms with van der Waals surface area (Å²) in [5, 5.41) is 6.01. The van der Waals surface area contributed by atoms with Crippen molar-refractivity contribution in [2.75, 3.05) is 24.1 Å². The maximum Gasteiger partial charge on any atom is 0.219 e. The highest BCUT2D eigenvalue weighted by Gasteiger charge is 1.95. The zero-order chi connectivity index (χ0) is 11.8. The molecule has 1 aromatic rings. The number of nitrogens with two attached hydrogens (primary N) is 1. The largest absolute Gasteiger partial charge is 0.384 e. The minimum atomic E-state index is 0.0918. The molecule has 0 aromatic carbocycles. The van der Waals surface area contributed by atoms with Crippen LogP contribution in [0.15, 0.2) is 18.3 Å². The number of nitrogens with zero attached hydrogens (tertiary/aromatic N) is 1. The van der Waals surface area contributed by atoms with Gasteiger partial charge in [0.15, 0.2) is 0 Å². The van der Waals surface area contributed by atoms with Crippen LogP contribution >= 0.6 is 0 Å². The first kappa shape index (κ1) is 12.3. The molecule has 1 amide bonds. The van der Waals surface area contributed by atoms with E-state index in [1.807, 2.05) is 13.0 Å². The molecule has 5 nitrogen and oxygen atoms in total. The summed E-state index contributed by atoms with van der Waals surface area (Å²) in [5.74, 6) is 0.606. The van der Waals surface area contributed by atoms with Gasteiger partial charge in [-0.1, -0.05) is 6.92 Å². The Bertz CT molecular complexity index is 323. The van der Waals surface area contributed by atoms with Crippen LogP contribution in [0.1, 0.15) is 19.8 Å². The van der Waals surface area contributed by atoms with Gasteiger partial charge in [-0.25, -0.2) is 4.98 Å². The van der Waals surface area contributed by atoms with E-state index in [1.54, 1.807) is 12.3 Å². The van der Waals surface area contributed by atoms with Crippen molar-refractivity contribution in [1.82, 2.24) is 10.3 Å². The molecule has 0 aliphatic carbocycles. The highest BCUT2D eigenvalue weighted by atomic mass is 16.1. The number of nitrogen functional groups attached to an aromatic ring is 1. The summed E-state index contributed by atoms with van der Waals surface area (Å²) in [5.41, 5.74) is 6.41. The van der Waals surface area contributed by atoms with Crippen LogP contribution < -0.4 is 16.4 Å². The molecular weight excluding hydrogens is 204 g/mol. The molecule has 0 aliphatic rings. The second-order valence-corrected chi connectivity index (χ2v) is 3.46. The lowest BCUT2D eigenvalue weighted by atomic mass is 10.3. The van der Waals surface area contributed by atoms with E-state index >= 15 is 0 Å². The number of rotatable bonds is 6. The van der Waals surface area contributed by atoms with Gasteiger partial charge >= 0.3 is 0 Å². The summed E-state index contributed by atoms with van der Waals surface area (Å²) >= 11 is 0. The summed E-state index contributed by atoms with van der Waals surface area (Å²) in [4.78, 5) is 14.9. The van der Waals surface area contributed by atoms with Gasteiger partial charge in [0.2, 0.25) is 5.91 Å². The molecule has 0 bridgehead atoms. The Morgan fingerprint density at radius 3 is 2.88 bits per heavy atom. The maximum atomic E-state index is 10.9. The number of hydrogen-bond acceptors (Lipinski definition) is 4. The number of carbonyl (C=O) groups excluding carboxylic acids is 1. The third-order valence-electron chi connectivity index (χ3n) is 2.11. The predicted octanol–water partition coefficient (Wildman–Crippen LogP) is 0.992. The minimum absolute atomic E-state index is 0.0918. The number of nitrogens with one attached hydrogen (secondary N) is 2. The molecule has 0 aliphatic heterocycles. The number of carbonyl (C=O) groups is 1. The topological polar surface area (TPSA) is 80.0 Å². The third-order valence-corrected chi connectivity index (χ3v) is 2.11. The fourth-order valence-corrected chi connectivity index (χ4v) is 1.18. The Morgan fingerprint density at radius 1 is 1.44 bits per heavy atom. The molecule has 88 valence electrons. The summed E-state index contributed by atoms with van der Waals surface area (Å²) in [6, 6.07) is 3.63. The van der Waals surface area contributed by atoms with Crippen molar-refractivity contribution in [1.29, 1.82) is 0 Å². The molecular formula is C11H18N4O. The van der Waals surface area contributed by atoms with E-state index in [9.17, 15) is 4.79 Å². The van der Waals surface area contributed by atoms with Gasteiger partial charge in [0, 0.05) is 19.5 Å². The second kappa shape index (κ2) is 6.66. The first-order valence-corrected chi connectivity index (χ1v) is 5.44. The molecule has 16 heavy (non-hydrogen) atoms. The van der Waals surface area contributed by atoms with E-state index in [-0.39, 0.29) is 5.91 Å². The maximum absolute atomic E-state index is 10.9. The number of hydrogen-bond donors (Lipinski definition) is 3. The van der Waals surface area contributed by atoms with Gasteiger partial charge in [-0.05, 0) is 18.6 Å². The van der Waals surface area contributed by atoms with Crippen LogP contribution in [0.3, 0.4) is 0 Å². The van der Waals surface area contributed by atoms with Crippen molar-refractivity contribution in [3.63, 3.8) is 0 Å². The van der Waals surface area contributed by atoms with E-state index < -0.39 is 0 Å². The first-order chi connectivity index (χ1) is 7.72. The minimum Gasteiger partial charge on any atom is -0.384 e. The van der Waals surface area contributed by atoms with Crippen LogP contribution in [0.4, 0.5) is 11.5 Å². The standard InChI is InChI=1S/C11H18N4O/c1-2-11(16)14-7-3-6-13-9-4-5-10(12)15-8-9/h4-5,8,13H,2-3,6-7H2,1H3,(H2,12,15)(H,14,16). The van der Waals surface area contributed by atoms with Crippen molar-refractivity contribution >= 4 is 17.4 Å². The van der Waals surface area contributed by atoms with Crippen LogP contribution in [-0.2, 0) is 4.79 Å². The lowest BCUT2D eigenvalue weighted by Crippen LogP contribution is -2.24. The smallest absolute Gasteiger partial charge is 0.219 e. The van der Waals surface area contributed by atoms with Gasteiger partial charge in [0.1, 0.15) is 5.82 Å². The lowest BCUT2D eigenvalue weighted by Gasteiger charge is -2.06. The number of pyridine rings is 1. The Labute approximate surface area is 95.4 Å². The fourth-order valence-electron chi connectivity index (χ4n) is 1.18. The monoisotopic (exact) mass is 222 g/mol. The number of amides is 1. The quantitative estimate of drug-likeness (QED) is 0.627. The molecule has 1 rings (SSSR count). The van der Waals surface area contributed by atoms with Crippen molar-refractivity contribution in [3.05, 3.63) is 18.3 Å². The first-order valence-electron chi connectivity index (χ1n) is 5.44. The van der Waals surface area contributed by atoms with Crippen molar-refractivity contribution in [3.8, 4) is 0 Å². The molecule has 1 aromatic heterocycles. The van der Waals surface area contributed by atoms with E-state index in [1.165, 1.54) is 0 Å². The van der Waals surface area contributed by atoms with Crippen molar-refractivity contribution < 1.29 is 4.79 Å². The molecule has 1 heterocycles. The Hall–Kier alpha value is -1.78. The molecule has 0 spiro atoms. The zero-order valence-electron chi connectivity index (χ0n) is 9.49. The molecule has 0 fully saturated rings. The molecule has 0 unspecified atom stereocenters. The van der Waals surface area contributed by atoms with E-state index in [2.05, 4.69) is 15.6 Å². The van der Waals surface area contributed by atoms with Gasteiger partial charge in [0.25, 0.3) is 0 Å². The van der Waals surface area contributed by atoms with Gasteiger partial charge in [-0.3, -0.25) is 4.79 Å². The fraction of sp³-hybridized carbons (Fsp3) is 0.455. The summed E-state index contributed by atoms with van der Waals surface area (Å²) in [6.45, 7) is 3.34. The molecule has 0 saturated heterocycles. The lowest BCUT2D eigenvalue weighted by molar-refractivity contribution is -0.120. The van der Waals surface area contributed by atoms with Crippen LogP contribution in [0, 0.1) is 0 Å². The molecule has 5 heteroatoms. The SMILES string of the molecule is CCC(=O)NCCCNc1ccc(N)nc1. The third kappa shape index (κ3) is 4.63. The number of anilines is 2. The summed E-state index contributed by atoms with van der Waals surface area (Å²) < 4.78 is 0. The van der Waals surface area contributed by atoms with Gasteiger partial charge in [0.05, 0.1) is 11.9 Å². The van der Waals surface area contributed by atoms with Crippen molar-refractivity contribution in [2.24, 2.45) is 0 Å². The molecule has 0 atom stereocenters. The van der Waals surface area contributed by atoms with E-state index in [0.717, 1.165) is 18.7 Å². The zero-order valence-corrected chi connectivity index (χ0v) is 9.49. The van der Waals surface area contributed by atoms with Crippen LogP contribution in [0.2, 0.25) is 0 Å². The van der Waals surface area contributed by atoms with E-state index in [4.69, 9.17) is 5.73 Å². The number of aromatic nitrogens is 1. The van der Waals surface area contributed by atoms with Crippen LogP contribution in [0.5, 0.6) is 0 Å². The summed E-state index contributed by atoms with van der Waals surface area (Å²) in [6.07, 6.45) is 3.12. The Morgan fingerprint density at radius 2 is 2.25 bits per heavy atom. The Kier molecular flexibility index (Phi) is 5.11. The highest BCUT2D eigenvalue weighted by molar-refractivity contribution is 5.75. The van der Waals surface area contributed by atoms with Gasteiger partial charge in [-0.2, -0.15) is 0 Å². The van der Waals surface area contributed by atoms with Crippen LogP contribution in [-0.4, -0.2) is 24.0 Å². The highest BCUT2D eigenvalue weighted by Crippen LogP contribution is 2.06. The molecule has 0 radical (unpaired) electrons. The second-order valence-electron chi connectivity index (χ2n) is 3.46. The van der Waals surface area contributed by atoms with Gasteiger partial charge < -0.3 is 16.4 Å². The predicted molar refractivity (Wildman–Crippen MR) is 65.1 cm³/mol. The molecule has 4 N–H and O–H groups in total. The van der Waals surface area contributed by atoms with E-state index in [0.29, 0.717) is 18.8 Å². The Balaban J connectivity index is 2.11. The van der Waals surface area contributed by atoms with Crippen LogP contribution in [0.25, 0.3) is 0 Å². The summed E-state index contributed by atoms with van der Waals surface area (Å²) in [7, 11) is 0. The molecule has 0 saturated carbocycles. The average Bonchev–Trinajstić information content (AvgIpc) is 2.31.